The lowest BCUT2D eigenvalue weighted by molar-refractivity contribution is 0.0958. The van der Waals surface area contributed by atoms with Gasteiger partial charge in [-0.05, 0) is 62.6 Å². The van der Waals surface area contributed by atoms with Crippen LogP contribution in [0, 0.1) is 5.82 Å². The molecule has 1 amide bonds. The van der Waals surface area contributed by atoms with E-state index >= 15 is 0 Å². The highest BCUT2D eigenvalue weighted by Gasteiger charge is 2.30. The largest absolute Gasteiger partial charge is 0.370 e. The molecule has 2 aromatic heterocycles. The highest BCUT2D eigenvalue weighted by molar-refractivity contribution is 5.92. The molecule has 0 aliphatic carbocycles. The van der Waals surface area contributed by atoms with Crippen molar-refractivity contribution in [3.8, 4) is 0 Å². The van der Waals surface area contributed by atoms with E-state index in [9.17, 15) is 14.0 Å². The molecule has 9 heteroatoms. The van der Waals surface area contributed by atoms with Crippen molar-refractivity contribution in [2.45, 2.75) is 37.6 Å². The average molecular weight is 465 g/mol. The number of halogens is 1. The molecule has 178 valence electrons. The number of pyridine rings is 1. The van der Waals surface area contributed by atoms with Crippen LogP contribution in [0.2, 0.25) is 0 Å². The second kappa shape index (κ2) is 9.50. The fraction of sp³-hybridized carbons (Fsp3) is 0.440. The summed E-state index contributed by atoms with van der Waals surface area (Å²) in [5, 5.41) is 2.89. The molecule has 0 bridgehead atoms. The summed E-state index contributed by atoms with van der Waals surface area (Å²) in [5.41, 5.74) is 1.73. The molecule has 34 heavy (non-hydrogen) atoms. The van der Waals surface area contributed by atoms with Gasteiger partial charge in [0.05, 0.1) is 22.8 Å². The predicted molar refractivity (Wildman–Crippen MR) is 129 cm³/mol. The van der Waals surface area contributed by atoms with Crippen LogP contribution in [0.4, 0.5) is 10.1 Å². The number of hydrogen-bond donors (Lipinski definition) is 2. The molecule has 4 heterocycles. The van der Waals surface area contributed by atoms with Gasteiger partial charge >= 0.3 is 0 Å². The highest BCUT2D eigenvalue weighted by atomic mass is 19.1. The van der Waals surface area contributed by atoms with E-state index in [2.05, 4.69) is 30.1 Å². The summed E-state index contributed by atoms with van der Waals surface area (Å²) in [6.45, 7) is 3.78. The Morgan fingerprint density at radius 2 is 1.97 bits per heavy atom. The number of anilines is 1. The number of piperidine rings is 2. The normalized spacial score (nSPS) is 19.9. The molecule has 1 aromatic carbocycles. The van der Waals surface area contributed by atoms with E-state index in [0.29, 0.717) is 28.5 Å². The maximum atomic E-state index is 13.5. The summed E-state index contributed by atoms with van der Waals surface area (Å²) >= 11 is 0. The number of fused-ring (bicyclic) bond motifs is 1. The Hall–Kier alpha value is -3.33. The van der Waals surface area contributed by atoms with E-state index in [4.69, 9.17) is 0 Å². The molecule has 1 unspecified atom stereocenters. The van der Waals surface area contributed by atoms with Crippen molar-refractivity contribution in [2.24, 2.45) is 0 Å². The van der Waals surface area contributed by atoms with E-state index < -0.39 is 5.82 Å². The van der Waals surface area contributed by atoms with E-state index in [1.54, 1.807) is 25.4 Å². The number of carbonyl (C=O) groups is 1. The Morgan fingerprint density at radius 3 is 2.71 bits per heavy atom. The van der Waals surface area contributed by atoms with Gasteiger partial charge in [0.15, 0.2) is 0 Å². The van der Waals surface area contributed by atoms with Crippen molar-refractivity contribution in [1.82, 2.24) is 25.2 Å². The number of amides is 1. The molecule has 2 aliphatic heterocycles. The fourth-order valence-corrected chi connectivity index (χ4v) is 5.21. The van der Waals surface area contributed by atoms with Gasteiger partial charge in [0.1, 0.15) is 17.3 Å². The molecule has 1 atom stereocenters. The van der Waals surface area contributed by atoms with Crippen LogP contribution in [0.25, 0.3) is 10.9 Å². The van der Waals surface area contributed by atoms with Crippen molar-refractivity contribution in [2.75, 3.05) is 38.1 Å². The van der Waals surface area contributed by atoms with Crippen molar-refractivity contribution in [3.05, 3.63) is 64.2 Å². The van der Waals surface area contributed by atoms with Crippen molar-refractivity contribution in [3.63, 3.8) is 0 Å². The van der Waals surface area contributed by atoms with Gasteiger partial charge in [-0.25, -0.2) is 14.4 Å². The number of H-pyrrole nitrogens is 1. The second-order valence-corrected chi connectivity index (χ2v) is 9.15. The summed E-state index contributed by atoms with van der Waals surface area (Å²) in [5.74, 6) is 0.254. The minimum Gasteiger partial charge on any atom is -0.370 e. The third kappa shape index (κ3) is 4.52. The summed E-state index contributed by atoms with van der Waals surface area (Å²) in [4.78, 5) is 40.9. The van der Waals surface area contributed by atoms with E-state index in [0.717, 1.165) is 57.5 Å². The first-order valence-corrected chi connectivity index (χ1v) is 11.9. The Morgan fingerprint density at radius 1 is 1.15 bits per heavy atom. The van der Waals surface area contributed by atoms with Gasteiger partial charge in [0.2, 0.25) is 0 Å². The number of nitrogens with zero attached hydrogens (tertiary/aromatic N) is 4. The monoisotopic (exact) mass is 464 g/mol. The number of aromatic nitrogens is 3. The summed E-state index contributed by atoms with van der Waals surface area (Å²) < 4.78 is 13.5. The van der Waals surface area contributed by atoms with Crippen molar-refractivity contribution in [1.29, 1.82) is 0 Å². The number of nitrogens with one attached hydrogen (secondary N) is 2. The van der Waals surface area contributed by atoms with Crippen molar-refractivity contribution >= 4 is 22.5 Å². The van der Waals surface area contributed by atoms with Crippen LogP contribution in [0.15, 0.2) is 41.3 Å². The Balaban J connectivity index is 1.23. The molecule has 0 saturated carbocycles. The average Bonchev–Trinajstić information content (AvgIpc) is 2.89. The van der Waals surface area contributed by atoms with Crippen LogP contribution >= 0.6 is 0 Å². The van der Waals surface area contributed by atoms with Gasteiger partial charge < -0.3 is 15.2 Å². The molecule has 2 fully saturated rings. The summed E-state index contributed by atoms with van der Waals surface area (Å²) in [6.07, 6.45) is 5.90. The topological polar surface area (TPSA) is 94.2 Å². The molecular weight excluding hydrogens is 435 g/mol. The van der Waals surface area contributed by atoms with E-state index in [1.165, 1.54) is 12.1 Å². The maximum absolute atomic E-state index is 13.5. The van der Waals surface area contributed by atoms with Gasteiger partial charge in [-0.15, -0.1) is 0 Å². The van der Waals surface area contributed by atoms with Gasteiger partial charge in [-0.2, -0.15) is 0 Å². The van der Waals surface area contributed by atoms with Crippen LogP contribution in [-0.2, 0) is 0 Å². The molecular formula is C25H29FN6O2. The number of rotatable bonds is 4. The van der Waals surface area contributed by atoms with E-state index in [-0.39, 0.29) is 17.4 Å². The van der Waals surface area contributed by atoms with Crippen LogP contribution in [0.1, 0.15) is 47.9 Å². The van der Waals surface area contributed by atoms with Crippen molar-refractivity contribution < 1.29 is 9.18 Å². The standard InChI is InChI=1S/C25H29FN6O2/c1-27-25(34)22-7-5-19(14-28-22)31-11-8-18(9-12-31)32-10-2-3-16(15-32)23-29-21-6-4-17(26)13-20(21)24(33)30-23/h4-7,13-14,16,18H,2-3,8-12,15H2,1H3,(H,27,34)(H,29,30,33). The lowest BCUT2D eigenvalue weighted by atomic mass is 9.93. The van der Waals surface area contributed by atoms with Gasteiger partial charge in [-0.1, -0.05) is 0 Å². The summed E-state index contributed by atoms with van der Waals surface area (Å²) in [7, 11) is 1.60. The zero-order chi connectivity index (χ0) is 23.7. The highest BCUT2D eigenvalue weighted by Crippen LogP contribution is 2.30. The molecule has 0 spiro atoms. The zero-order valence-corrected chi connectivity index (χ0v) is 19.3. The maximum Gasteiger partial charge on any atom is 0.269 e. The lowest BCUT2D eigenvalue weighted by Crippen LogP contribution is -2.48. The first-order chi connectivity index (χ1) is 16.5. The molecule has 5 rings (SSSR count). The second-order valence-electron chi connectivity index (χ2n) is 9.15. The molecule has 8 nitrogen and oxygen atoms in total. The van der Waals surface area contributed by atoms with Crippen LogP contribution in [0.5, 0.6) is 0 Å². The lowest BCUT2D eigenvalue weighted by Gasteiger charge is -2.42. The Bertz CT molecular complexity index is 1240. The van der Waals surface area contributed by atoms with Gasteiger partial charge in [0.25, 0.3) is 11.5 Å². The van der Waals surface area contributed by atoms with Crippen LogP contribution < -0.4 is 15.8 Å². The first-order valence-electron chi connectivity index (χ1n) is 11.9. The number of carbonyl (C=O) groups excluding carboxylic acids is 1. The Kier molecular flexibility index (Phi) is 6.28. The minimum atomic E-state index is -0.430. The fourth-order valence-electron chi connectivity index (χ4n) is 5.21. The first kappa shape index (κ1) is 22.5. The zero-order valence-electron chi connectivity index (χ0n) is 19.3. The minimum absolute atomic E-state index is 0.162. The third-order valence-corrected chi connectivity index (χ3v) is 7.08. The molecule has 2 saturated heterocycles. The smallest absolute Gasteiger partial charge is 0.269 e. The molecule has 2 aliphatic rings. The molecule has 2 N–H and O–H groups in total. The number of likely N-dealkylation sites (tertiary alicyclic amines) is 1. The third-order valence-electron chi connectivity index (χ3n) is 7.08. The predicted octanol–water partition coefficient (Wildman–Crippen LogP) is 2.67. The summed E-state index contributed by atoms with van der Waals surface area (Å²) in [6, 6.07) is 8.38. The van der Waals surface area contributed by atoms with Crippen LogP contribution in [0.3, 0.4) is 0 Å². The SMILES string of the molecule is CNC(=O)c1ccc(N2CCC(N3CCCC(c4nc5ccc(F)cc5c(=O)[nH]4)C3)CC2)cn1. The molecule has 0 radical (unpaired) electrons. The van der Waals surface area contributed by atoms with Gasteiger partial charge in [0, 0.05) is 38.6 Å². The number of benzene rings is 1. The number of aromatic amines is 1. The van der Waals surface area contributed by atoms with Gasteiger partial charge in [-0.3, -0.25) is 14.5 Å². The Labute approximate surface area is 197 Å². The number of hydrogen-bond acceptors (Lipinski definition) is 6. The van der Waals surface area contributed by atoms with Crippen LogP contribution in [-0.4, -0.2) is 65.0 Å². The quantitative estimate of drug-likeness (QED) is 0.617. The van der Waals surface area contributed by atoms with E-state index in [1.807, 2.05) is 6.07 Å². The molecule has 3 aromatic rings.